The van der Waals surface area contributed by atoms with E-state index < -0.39 is 5.97 Å². The second-order valence-electron chi connectivity index (χ2n) is 4.79. The number of aromatic nitrogens is 1. The lowest BCUT2D eigenvalue weighted by atomic mass is 9.98. The first-order chi connectivity index (χ1) is 10.1. The number of carbonyl (C=O) groups excluding carboxylic acids is 1. The van der Waals surface area contributed by atoms with Crippen molar-refractivity contribution in [2.45, 2.75) is 19.3 Å². The molecule has 1 aromatic carbocycles. The molecule has 0 spiro atoms. The lowest BCUT2D eigenvalue weighted by Gasteiger charge is -2.12. The highest BCUT2D eigenvalue weighted by Crippen LogP contribution is 2.28. The van der Waals surface area contributed by atoms with Gasteiger partial charge in [0.25, 0.3) is 0 Å². The van der Waals surface area contributed by atoms with Crippen LogP contribution in [0.4, 0.5) is 10.8 Å². The fraction of sp³-hybridized carbons (Fsp3) is 0.333. The lowest BCUT2D eigenvalue weighted by Crippen LogP contribution is -2.10. The van der Waals surface area contributed by atoms with E-state index >= 15 is 0 Å². The molecule has 0 aliphatic rings. The zero-order valence-corrected chi connectivity index (χ0v) is 12.9. The highest BCUT2D eigenvalue weighted by molar-refractivity contribution is 7.11. The van der Waals surface area contributed by atoms with Crippen LogP contribution in [-0.4, -0.2) is 24.0 Å². The summed E-state index contributed by atoms with van der Waals surface area (Å²) in [6.07, 6.45) is 0.947. The maximum absolute atomic E-state index is 11.7. The Balaban J connectivity index is 1.94. The van der Waals surface area contributed by atoms with E-state index in [1.807, 2.05) is 18.2 Å². The number of esters is 1. The van der Waals surface area contributed by atoms with Crippen molar-refractivity contribution in [2.24, 2.45) is 0 Å². The van der Waals surface area contributed by atoms with Crippen LogP contribution in [-0.2, 0) is 4.74 Å². The van der Waals surface area contributed by atoms with Crippen molar-refractivity contribution in [2.75, 3.05) is 24.7 Å². The second kappa shape index (κ2) is 7.08. The van der Waals surface area contributed by atoms with Gasteiger partial charge in [0.05, 0.1) is 7.11 Å². The number of anilines is 2. The molecule has 0 aliphatic carbocycles. The number of rotatable bonds is 6. The van der Waals surface area contributed by atoms with Crippen LogP contribution in [0.1, 0.15) is 35.2 Å². The maximum atomic E-state index is 11.7. The van der Waals surface area contributed by atoms with Crippen LogP contribution >= 0.6 is 11.5 Å². The SMILES string of the molecule is COC(=O)c1c(N)nsc1NCCC(C)c1ccccc1. The molecule has 1 aromatic heterocycles. The van der Waals surface area contributed by atoms with Gasteiger partial charge in [-0.1, -0.05) is 37.3 Å². The van der Waals surface area contributed by atoms with Crippen molar-refractivity contribution in [1.82, 2.24) is 4.37 Å². The molecule has 2 aromatic rings. The number of hydrogen-bond donors (Lipinski definition) is 2. The van der Waals surface area contributed by atoms with E-state index in [0.29, 0.717) is 16.5 Å². The van der Waals surface area contributed by atoms with Gasteiger partial charge in [0.2, 0.25) is 0 Å². The Morgan fingerprint density at radius 1 is 1.43 bits per heavy atom. The standard InChI is InChI=1S/C15H19N3O2S/c1-10(11-6-4-3-5-7-11)8-9-17-14-12(15(19)20-2)13(16)18-21-14/h3-7,10,17H,8-9H2,1-2H3,(H2,16,18). The van der Waals surface area contributed by atoms with Crippen LogP contribution in [0.25, 0.3) is 0 Å². The Bertz CT molecular complexity index is 598. The van der Waals surface area contributed by atoms with Crippen molar-refractivity contribution in [3.63, 3.8) is 0 Å². The van der Waals surface area contributed by atoms with E-state index in [-0.39, 0.29) is 5.82 Å². The van der Waals surface area contributed by atoms with Gasteiger partial charge in [0, 0.05) is 6.54 Å². The Kier molecular flexibility index (Phi) is 5.16. The van der Waals surface area contributed by atoms with Gasteiger partial charge in [-0.3, -0.25) is 0 Å². The summed E-state index contributed by atoms with van der Waals surface area (Å²) in [5, 5.41) is 3.89. The lowest BCUT2D eigenvalue weighted by molar-refractivity contribution is 0.0603. The zero-order chi connectivity index (χ0) is 15.2. The molecule has 21 heavy (non-hydrogen) atoms. The number of hydrogen-bond acceptors (Lipinski definition) is 6. The summed E-state index contributed by atoms with van der Waals surface area (Å²) in [6, 6.07) is 10.3. The minimum absolute atomic E-state index is 0.213. The molecule has 0 saturated carbocycles. The van der Waals surface area contributed by atoms with E-state index in [1.165, 1.54) is 24.2 Å². The van der Waals surface area contributed by atoms with Crippen LogP contribution in [0.3, 0.4) is 0 Å². The van der Waals surface area contributed by atoms with E-state index in [9.17, 15) is 4.79 Å². The quantitative estimate of drug-likeness (QED) is 0.802. The number of nitrogens with one attached hydrogen (secondary N) is 1. The van der Waals surface area contributed by atoms with Crippen molar-refractivity contribution in [3.05, 3.63) is 41.5 Å². The van der Waals surface area contributed by atoms with Gasteiger partial charge in [-0.05, 0) is 29.4 Å². The largest absolute Gasteiger partial charge is 0.465 e. The summed E-state index contributed by atoms with van der Waals surface area (Å²) >= 11 is 1.18. The van der Waals surface area contributed by atoms with Gasteiger partial charge in [0.15, 0.2) is 5.82 Å². The second-order valence-corrected chi connectivity index (χ2v) is 5.56. The number of ether oxygens (including phenoxy) is 1. The average Bonchev–Trinajstić information content (AvgIpc) is 2.88. The zero-order valence-electron chi connectivity index (χ0n) is 12.1. The molecule has 0 saturated heterocycles. The molecule has 1 heterocycles. The minimum Gasteiger partial charge on any atom is -0.465 e. The van der Waals surface area contributed by atoms with Crippen molar-refractivity contribution < 1.29 is 9.53 Å². The maximum Gasteiger partial charge on any atom is 0.344 e. The number of methoxy groups -OCH3 is 1. The molecule has 0 amide bonds. The van der Waals surface area contributed by atoms with Gasteiger partial charge in [0.1, 0.15) is 10.6 Å². The van der Waals surface area contributed by atoms with E-state index in [0.717, 1.165) is 13.0 Å². The van der Waals surface area contributed by atoms with Gasteiger partial charge < -0.3 is 15.8 Å². The number of nitrogens with two attached hydrogens (primary N) is 1. The summed E-state index contributed by atoms with van der Waals surface area (Å²) in [5.41, 5.74) is 7.33. The third-order valence-electron chi connectivity index (χ3n) is 3.34. The molecule has 3 N–H and O–H groups in total. The van der Waals surface area contributed by atoms with Crippen molar-refractivity contribution in [3.8, 4) is 0 Å². The van der Waals surface area contributed by atoms with Crippen LogP contribution in [0.5, 0.6) is 0 Å². The van der Waals surface area contributed by atoms with Crippen LogP contribution in [0.15, 0.2) is 30.3 Å². The normalized spacial score (nSPS) is 11.9. The molecule has 5 nitrogen and oxygen atoms in total. The highest BCUT2D eigenvalue weighted by atomic mass is 32.1. The minimum atomic E-state index is -0.458. The fourth-order valence-corrected chi connectivity index (χ4v) is 2.80. The summed E-state index contributed by atoms with van der Waals surface area (Å²) < 4.78 is 8.72. The van der Waals surface area contributed by atoms with Crippen molar-refractivity contribution in [1.29, 1.82) is 0 Å². The molecule has 0 radical (unpaired) electrons. The Labute approximate surface area is 128 Å². The first-order valence-electron chi connectivity index (χ1n) is 6.75. The molecule has 0 bridgehead atoms. The van der Waals surface area contributed by atoms with Crippen molar-refractivity contribution >= 4 is 28.3 Å². The number of nitrogens with zero attached hydrogens (tertiary/aromatic N) is 1. The summed E-state index contributed by atoms with van der Waals surface area (Å²) in [5.74, 6) is 0.191. The molecule has 0 aliphatic heterocycles. The van der Waals surface area contributed by atoms with Gasteiger partial charge >= 0.3 is 5.97 Å². The number of benzene rings is 1. The Hall–Kier alpha value is -2.08. The van der Waals surface area contributed by atoms with Crippen LogP contribution in [0.2, 0.25) is 0 Å². The van der Waals surface area contributed by atoms with Crippen LogP contribution in [0, 0.1) is 0 Å². The summed E-state index contributed by atoms with van der Waals surface area (Å²) in [4.78, 5) is 11.7. The molecule has 1 atom stereocenters. The van der Waals surface area contributed by atoms with E-state index in [1.54, 1.807) is 0 Å². The molecule has 6 heteroatoms. The molecular formula is C15H19N3O2S. The average molecular weight is 305 g/mol. The monoisotopic (exact) mass is 305 g/mol. The molecule has 1 unspecified atom stereocenters. The molecule has 0 fully saturated rings. The third-order valence-corrected chi connectivity index (χ3v) is 4.16. The third kappa shape index (κ3) is 3.72. The first-order valence-corrected chi connectivity index (χ1v) is 7.53. The predicted molar refractivity (Wildman–Crippen MR) is 85.8 cm³/mol. The summed E-state index contributed by atoms with van der Waals surface area (Å²) in [6.45, 7) is 2.92. The van der Waals surface area contributed by atoms with Gasteiger partial charge in [-0.25, -0.2) is 4.79 Å². The molecule has 112 valence electrons. The summed E-state index contributed by atoms with van der Waals surface area (Å²) in [7, 11) is 1.33. The fourth-order valence-electron chi connectivity index (χ4n) is 2.07. The Morgan fingerprint density at radius 3 is 2.81 bits per heavy atom. The molecule has 2 rings (SSSR count). The smallest absolute Gasteiger partial charge is 0.344 e. The number of nitrogen functional groups attached to an aromatic ring is 1. The van der Waals surface area contributed by atoms with Gasteiger partial charge in [-0.15, -0.1) is 0 Å². The first kappa shape index (κ1) is 15.3. The topological polar surface area (TPSA) is 77.2 Å². The predicted octanol–water partition coefficient (Wildman–Crippen LogP) is 3.12. The molecular weight excluding hydrogens is 286 g/mol. The highest BCUT2D eigenvalue weighted by Gasteiger charge is 2.19. The Morgan fingerprint density at radius 2 is 2.14 bits per heavy atom. The number of carbonyl (C=O) groups is 1. The van der Waals surface area contributed by atoms with Crippen LogP contribution < -0.4 is 11.1 Å². The van der Waals surface area contributed by atoms with E-state index in [2.05, 4.69) is 28.7 Å². The van der Waals surface area contributed by atoms with Gasteiger partial charge in [-0.2, -0.15) is 4.37 Å². The van der Waals surface area contributed by atoms with E-state index in [4.69, 9.17) is 10.5 Å².